The van der Waals surface area contributed by atoms with Gasteiger partial charge in [-0.1, -0.05) is 12.1 Å². The summed E-state index contributed by atoms with van der Waals surface area (Å²) in [5.74, 6) is 1.37. The van der Waals surface area contributed by atoms with E-state index in [1.54, 1.807) is 18.2 Å². The van der Waals surface area contributed by atoms with Crippen LogP contribution in [0.3, 0.4) is 0 Å². The maximum Gasteiger partial charge on any atom is 0.243 e. The third-order valence-electron chi connectivity index (χ3n) is 6.05. The predicted molar refractivity (Wildman–Crippen MR) is 79.0 cm³/mol. The van der Waals surface area contributed by atoms with Crippen molar-refractivity contribution in [1.29, 1.82) is 0 Å². The van der Waals surface area contributed by atoms with Gasteiger partial charge in [0.1, 0.15) is 11.4 Å². The van der Waals surface area contributed by atoms with E-state index in [9.17, 15) is 9.18 Å². The van der Waals surface area contributed by atoms with Gasteiger partial charge < -0.3 is 11.1 Å². The van der Waals surface area contributed by atoms with E-state index in [0.717, 1.165) is 37.5 Å². The Balaban J connectivity index is 1.74. The summed E-state index contributed by atoms with van der Waals surface area (Å²) < 4.78 is 14.0. The maximum atomic E-state index is 14.0. The highest BCUT2D eigenvalue weighted by atomic mass is 19.1. The van der Waals surface area contributed by atoms with Crippen LogP contribution in [0, 0.1) is 29.5 Å². The number of nitrogens with two attached hydrogens (primary N) is 1. The number of hydrogen-bond donors (Lipinski definition) is 2. The van der Waals surface area contributed by atoms with Crippen molar-refractivity contribution in [2.24, 2.45) is 29.4 Å². The highest BCUT2D eigenvalue weighted by Gasteiger charge is 2.60. The number of halogens is 1. The molecule has 0 atom stereocenters. The van der Waals surface area contributed by atoms with Crippen LogP contribution in [-0.4, -0.2) is 11.4 Å². The summed E-state index contributed by atoms with van der Waals surface area (Å²) in [4.78, 5) is 12.4. The Kier molecular flexibility index (Phi) is 2.78. The van der Waals surface area contributed by atoms with E-state index in [1.807, 2.05) is 0 Å². The van der Waals surface area contributed by atoms with Crippen molar-refractivity contribution >= 4 is 11.6 Å². The number of benzene rings is 1. The number of para-hydroxylation sites is 1. The van der Waals surface area contributed by atoms with Gasteiger partial charge in [0.15, 0.2) is 0 Å². The lowest BCUT2D eigenvalue weighted by Gasteiger charge is -2.60. The van der Waals surface area contributed by atoms with Gasteiger partial charge in [-0.2, -0.15) is 0 Å². The second-order valence-electron chi connectivity index (χ2n) is 7.14. The zero-order valence-electron chi connectivity index (χ0n) is 12.0. The van der Waals surface area contributed by atoms with Gasteiger partial charge in [0.05, 0.1) is 5.69 Å². The third kappa shape index (κ3) is 1.81. The molecule has 0 unspecified atom stereocenters. The number of carbonyl (C=O) groups excluding carboxylic acids is 1. The SMILES string of the molecule is NC(=O)C1(Nc2ccccc2F)C2CC3CC(C2)CC1C3. The molecule has 0 radical (unpaired) electrons. The molecule has 1 aromatic carbocycles. The van der Waals surface area contributed by atoms with Crippen LogP contribution in [0.2, 0.25) is 0 Å². The molecule has 0 spiro atoms. The highest BCUT2D eigenvalue weighted by Crippen LogP contribution is 2.59. The summed E-state index contributed by atoms with van der Waals surface area (Å²) in [6.45, 7) is 0. The number of carbonyl (C=O) groups is 1. The van der Waals surface area contributed by atoms with Gasteiger partial charge in [-0.15, -0.1) is 0 Å². The second-order valence-corrected chi connectivity index (χ2v) is 7.14. The van der Waals surface area contributed by atoms with Crippen molar-refractivity contribution in [3.05, 3.63) is 30.1 Å². The molecule has 0 aromatic heterocycles. The van der Waals surface area contributed by atoms with E-state index in [0.29, 0.717) is 5.69 Å². The first-order valence-corrected chi connectivity index (χ1v) is 7.92. The van der Waals surface area contributed by atoms with Crippen molar-refractivity contribution in [1.82, 2.24) is 0 Å². The van der Waals surface area contributed by atoms with Crippen LogP contribution >= 0.6 is 0 Å². The number of primary amides is 1. The fraction of sp³-hybridized carbons (Fsp3) is 0.588. The number of amides is 1. The van der Waals surface area contributed by atoms with Crippen molar-refractivity contribution < 1.29 is 9.18 Å². The molecule has 1 aromatic rings. The topological polar surface area (TPSA) is 55.1 Å². The van der Waals surface area contributed by atoms with Gasteiger partial charge in [-0.05, 0) is 67.9 Å². The predicted octanol–water partition coefficient (Wildman–Crippen LogP) is 2.92. The second kappa shape index (κ2) is 4.46. The molecule has 4 aliphatic carbocycles. The lowest BCUT2D eigenvalue weighted by molar-refractivity contribution is -0.136. The molecule has 3 N–H and O–H groups in total. The Morgan fingerprint density at radius 2 is 1.67 bits per heavy atom. The van der Waals surface area contributed by atoms with E-state index in [4.69, 9.17) is 5.73 Å². The lowest BCUT2D eigenvalue weighted by atomic mass is 9.48. The van der Waals surface area contributed by atoms with Crippen LogP contribution in [0.15, 0.2) is 24.3 Å². The summed E-state index contributed by atoms with van der Waals surface area (Å²) in [7, 11) is 0. The number of rotatable bonds is 3. The van der Waals surface area contributed by atoms with Gasteiger partial charge in [-0.25, -0.2) is 4.39 Å². The summed E-state index contributed by atoms with van der Waals surface area (Å²) in [6.07, 6.45) is 5.52. The first kappa shape index (κ1) is 13.1. The zero-order valence-corrected chi connectivity index (χ0v) is 12.0. The fourth-order valence-electron chi connectivity index (χ4n) is 5.38. The molecule has 1 amide bonds. The molecular formula is C17H21FN2O. The summed E-state index contributed by atoms with van der Waals surface area (Å²) in [5.41, 5.74) is 5.48. The molecule has 5 rings (SSSR count). The van der Waals surface area contributed by atoms with Gasteiger partial charge in [0, 0.05) is 0 Å². The van der Waals surface area contributed by atoms with Crippen molar-refractivity contribution in [3.8, 4) is 0 Å². The average molecular weight is 288 g/mol. The minimum atomic E-state index is -0.754. The Labute approximate surface area is 124 Å². The summed E-state index contributed by atoms with van der Waals surface area (Å²) in [6, 6.07) is 6.57. The molecule has 0 aliphatic heterocycles. The van der Waals surface area contributed by atoms with E-state index in [-0.39, 0.29) is 23.6 Å². The Hall–Kier alpha value is -1.58. The van der Waals surface area contributed by atoms with Crippen molar-refractivity contribution in [2.45, 2.75) is 37.6 Å². The standard InChI is InChI=1S/C17H21FN2O/c18-14-3-1-2-4-15(14)20-17(16(19)21)12-6-10-5-11(8-12)9-13(17)7-10/h1-4,10-13,20H,5-9H2,(H2,19,21). The molecular weight excluding hydrogens is 267 g/mol. The zero-order chi connectivity index (χ0) is 14.6. The number of hydrogen-bond acceptors (Lipinski definition) is 2. The van der Waals surface area contributed by atoms with Crippen LogP contribution in [0.4, 0.5) is 10.1 Å². The summed E-state index contributed by atoms with van der Waals surface area (Å²) >= 11 is 0. The van der Waals surface area contributed by atoms with Crippen LogP contribution in [0.5, 0.6) is 0 Å². The molecule has 4 fully saturated rings. The molecule has 21 heavy (non-hydrogen) atoms. The first-order valence-electron chi connectivity index (χ1n) is 7.92. The molecule has 0 saturated heterocycles. The highest BCUT2D eigenvalue weighted by molar-refractivity contribution is 5.89. The number of anilines is 1. The average Bonchev–Trinajstić information content (AvgIpc) is 2.44. The molecule has 4 bridgehead atoms. The molecule has 4 heteroatoms. The molecule has 4 saturated carbocycles. The Morgan fingerprint density at radius 1 is 1.10 bits per heavy atom. The smallest absolute Gasteiger partial charge is 0.243 e. The largest absolute Gasteiger partial charge is 0.368 e. The van der Waals surface area contributed by atoms with Crippen LogP contribution in [-0.2, 0) is 4.79 Å². The Morgan fingerprint density at radius 3 is 2.19 bits per heavy atom. The minimum absolute atomic E-state index is 0.255. The molecule has 3 nitrogen and oxygen atoms in total. The minimum Gasteiger partial charge on any atom is -0.368 e. The fourth-order valence-corrected chi connectivity index (χ4v) is 5.38. The van der Waals surface area contributed by atoms with Gasteiger partial charge in [-0.3, -0.25) is 4.79 Å². The van der Waals surface area contributed by atoms with E-state index >= 15 is 0 Å². The molecule has 0 heterocycles. The molecule has 112 valence electrons. The van der Waals surface area contributed by atoms with Gasteiger partial charge in [0.25, 0.3) is 0 Å². The maximum absolute atomic E-state index is 14.0. The summed E-state index contributed by atoms with van der Waals surface area (Å²) in [5, 5.41) is 3.26. The normalized spacial score (nSPS) is 40.2. The van der Waals surface area contributed by atoms with E-state index < -0.39 is 5.54 Å². The molecule has 4 aliphatic rings. The van der Waals surface area contributed by atoms with Gasteiger partial charge in [0.2, 0.25) is 5.91 Å². The van der Waals surface area contributed by atoms with Crippen molar-refractivity contribution in [2.75, 3.05) is 5.32 Å². The van der Waals surface area contributed by atoms with Crippen LogP contribution in [0.1, 0.15) is 32.1 Å². The van der Waals surface area contributed by atoms with Gasteiger partial charge >= 0.3 is 0 Å². The lowest BCUT2D eigenvalue weighted by Crippen LogP contribution is -2.67. The number of nitrogens with one attached hydrogen (secondary N) is 1. The van der Waals surface area contributed by atoms with Crippen LogP contribution < -0.4 is 11.1 Å². The first-order chi connectivity index (χ1) is 10.1. The van der Waals surface area contributed by atoms with Crippen LogP contribution in [0.25, 0.3) is 0 Å². The quantitative estimate of drug-likeness (QED) is 0.898. The Bertz CT molecular complexity index is 558. The van der Waals surface area contributed by atoms with E-state index in [2.05, 4.69) is 5.32 Å². The van der Waals surface area contributed by atoms with E-state index in [1.165, 1.54) is 12.5 Å². The van der Waals surface area contributed by atoms with Crippen molar-refractivity contribution in [3.63, 3.8) is 0 Å². The monoisotopic (exact) mass is 288 g/mol. The third-order valence-corrected chi connectivity index (χ3v) is 6.05.